The number of aromatic carboxylic acids is 1. The zero-order valence-electron chi connectivity index (χ0n) is 12.2. The molecule has 114 valence electrons. The molecule has 21 heavy (non-hydrogen) atoms. The fourth-order valence-corrected chi connectivity index (χ4v) is 2.69. The summed E-state index contributed by atoms with van der Waals surface area (Å²) in [6.07, 6.45) is 7.99. The minimum absolute atomic E-state index is 0.0655. The molecule has 2 rings (SSSR count). The van der Waals surface area contributed by atoms with E-state index in [0.29, 0.717) is 5.69 Å². The standard InChI is InChI=1S/C15H21N3O3/c1-2-13-6-4-3-5-7-18(13)15(21)17-12-8-11(14(19)20)9-16-10-12/h8-10,13H,2-7H2,1H3,(H,17,21)(H,19,20). The Kier molecular flexibility index (Phi) is 5.14. The molecule has 1 aliphatic rings. The third-order valence-corrected chi connectivity index (χ3v) is 3.85. The molecule has 2 heterocycles. The normalized spacial score (nSPS) is 18.9. The molecule has 0 saturated carbocycles. The molecule has 2 amide bonds. The van der Waals surface area contributed by atoms with Gasteiger partial charge in [0.2, 0.25) is 0 Å². The van der Waals surface area contributed by atoms with E-state index < -0.39 is 5.97 Å². The quantitative estimate of drug-likeness (QED) is 0.897. The smallest absolute Gasteiger partial charge is 0.337 e. The Hall–Kier alpha value is -2.11. The number of urea groups is 1. The first-order valence-corrected chi connectivity index (χ1v) is 7.37. The lowest BCUT2D eigenvalue weighted by Gasteiger charge is -2.29. The number of carboxylic acids is 1. The van der Waals surface area contributed by atoms with Gasteiger partial charge in [0, 0.05) is 18.8 Å². The summed E-state index contributed by atoms with van der Waals surface area (Å²) < 4.78 is 0. The fourth-order valence-electron chi connectivity index (χ4n) is 2.69. The molecule has 0 spiro atoms. The van der Waals surface area contributed by atoms with Crippen molar-refractivity contribution in [2.24, 2.45) is 0 Å². The second-order valence-corrected chi connectivity index (χ2v) is 5.30. The highest BCUT2D eigenvalue weighted by Crippen LogP contribution is 2.20. The topological polar surface area (TPSA) is 82.5 Å². The van der Waals surface area contributed by atoms with Gasteiger partial charge in [-0.05, 0) is 25.3 Å². The maximum atomic E-state index is 12.4. The van der Waals surface area contributed by atoms with Crippen molar-refractivity contribution in [3.8, 4) is 0 Å². The summed E-state index contributed by atoms with van der Waals surface area (Å²) >= 11 is 0. The SMILES string of the molecule is CCC1CCCCCN1C(=O)Nc1cncc(C(=O)O)c1. The van der Waals surface area contributed by atoms with Crippen molar-refractivity contribution >= 4 is 17.7 Å². The Bertz CT molecular complexity index is 519. The molecule has 1 unspecified atom stereocenters. The molecule has 6 nitrogen and oxygen atoms in total. The number of nitrogens with one attached hydrogen (secondary N) is 1. The molecular weight excluding hydrogens is 270 g/mol. The minimum Gasteiger partial charge on any atom is -0.478 e. The number of aromatic nitrogens is 1. The van der Waals surface area contributed by atoms with E-state index in [1.54, 1.807) is 0 Å². The van der Waals surface area contributed by atoms with Gasteiger partial charge in [-0.15, -0.1) is 0 Å². The molecule has 0 aromatic carbocycles. The number of rotatable bonds is 3. The number of likely N-dealkylation sites (tertiary alicyclic amines) is 1. The predicted molar refractivity (Wildman–Crippen MR) is 79.5 cm³/mol. The first kappa shape index (κ1) is 15.3. The number of nitrogens with zero attached hydrogens (tertiary/aromatic N) is 2. The van der Waals surface area contributed by atoms with Crippen molar-refractivity contribution in [1.29, 1.82) is 0 Å². The summed E-state index contributed by atoms with van der Waals surface area (Å²) in [6, 6.07) is 1.50. The van der Waals surface area contributed by atoms with E-state index in [9.17, 15) is 9.59 Å². The Balaban J connectivity index is 2.08. The second kappa shape index (κ2) is 7.06. The second-order valence-electron chi connectivity index (χ2n) is 5.30. The molecule has 0 radical (unpaired) electrons. The van der Waals surface area contributed by atoms with Gasteiger partial charge in [0.15, 0.2) is 0 Å². The Morgan fingerprint density at radius 3 is 2.90 bits per heavy atom. The summed E-state index contributed by atoms with van der Waals surface area (Å²) in [7, 11) is 0. The lowest BCUT2D eigenvalue weighted by molar-refractivity contribution is 0.0696. The molecular formula is C15H21N3O3. The average molecular weight is 291 g/mol. The van der Waals surface area contributed by atoms with Crippen LogP contribution in [-0.2, 0) is 0 Å². The van der Waals surface area contributed by atoms with E-state index in [0.717, 1.165) is 38.6 Å². The average Bonchev–Trinajstić information content (AvgIpc) is 2.72. The summed E-state index contributed by atoms with van der Waals surface area (Å²) in [5, 5.41) is 11.7. The summed E-state index contributed by atoms with van der Waals surface area (Å²) in [5.74, 6) is -1.06. The number of carbonyl (C=O) groups is 2. The Morgan fingerprint density at radius 1 is 1.38 bits per heavy atom. The predicted octanol–water partition coefficient (Wildman–Crippen LogP) is 2.97. The summed E-state index contributed by atoms with van der Waals surface area (Å²) in [4.78, 5) is 29.0. The van der Waals surface area contributed by atoms with E-state index in [1.807, 2.05) is 4.90 Å². The van der Waals surface area contributed by atoms with Crippen molar-refractivity contribution < 1.29 is 14.7 Å². The van der Waals surface area contributed by atoms with Crippen LogP contribution < -0.4 is 5.32 Å². The van der Waals surface area contributed by atoms with Gasteiger partial charge in [-0.1, -0.05) is 19.8 Å². The van der Waals surface area contributed by atoms with Crippen molar-refractivity contribution in [2.45, 2.75) is 45.1 Å². The van der Waals surface area contributed by atoms with Crippen molar-refractivity contribution in [3.05, 3.63) is 24.0 Å². The molecule has 1 fully saturated rings. The van der Waals surface area contributed by atoms with Crippen LogP contribution in [0.5, 0.6) is 0 Å². The van der Waals surface area contributed by atoms with E-state index in [-0.39, 0.29) is 17.6 Å². The maximum absolute atomic E-state index is 12.4. The molecule has 1 atom stereocenters. The van der Waals surface area contributed by atoms with Crippen LogP contribution in [0.3, 0.4) is 0 Å². The van der Waals surface area contributed by atoms with Crippen LogP contribution in [-0.4, -0.2) is 39.6 Å². The van der Waals surface area contributed by atoms with Gasteiger partial charge in [-0.3, -0.25) is 4.98 Å². The zero-order valence-corrected chi connectivity index (χ0v) is 12.2. The van der Waals surface area contributed by atoms with E-state index >= 15 is 0 Å². The Morgan fingerprint density at radius 2 is 2.19 bits per heavy atom. The van der Waals surface area contributed by atoms with Crippen molar-refractivity contribution in [2.75, 3.05) is 11.9 Å². The van der Waals surface area contributed by atoms with Crippen LogP contribution >= 0.6 is 0 Å². The van der Waals surface area contributed by atoms with Crippen molar-refractivity contribution in [3.63, 3.8) is 0 Å². The molecule has 0 bridgehead atoms. The lowest BCUT2D eigenvalue weighted by atomic mass is 10.1. The molecule has 1 saturated heterocycles. The molecule has 1 aromatic heterocycles. The van der Waals surface area contributed by atoms with Crippen LogP contribution in [0.15, 0.2) is 18.5 Å². The number of hydrogen-bond acceptors (Lipinski definition) is 3. The van der Waals surface area contributed by atoms with Gasteiger partial charge in [-0.2, -0.15) is 0 Å². The van der Waals surface area contributed by atoms with Crippen LogP contribution in [0.4, 0.5) is 10.5 Å². The monoisotopic (exact) mass is 291 g/mol. The van der Waals surface area contributed by atoms with Gasteiger partial charge in [-0.25, -0.2) is 9.59 Å². The van der Waals surface area contributed by atoms with Crippen LogP contribution in [0.2, 0.25) is 0 Å². The van der Waals surface area contributed by atoms with Crippen LogP contribution in [0.1, 0.15) is 49.4 Å². The molecule has 1 aliphatic heterocycles. The minimum atomic E-state index is -1.06. The van der Waals surface area contributed by atoms with Crippen LogP contribution in [0.25, 0.3) is 0 Å². The summed E-state index contributed by atoms with van der Waals surface area (Å²) in [6.45, 7) is 2.83. The number of hydrogen-bond donors (Lipinski definition) is 2. The number of pyridine rings is 1. The highest BCUT2D eigenvalue weighted by atomic mass is 16.4. The van der Waals surface area contributed by atoms with E-state index in [1.165, 1.54) is 18.5 Å². The van der Waals surface area contributed by atoms with E-state index in [2.05, 4.69) is 17.2 Å². The van der Waals surface area contributed by atoms with Gasteiger partial charge < -0.3 is 15.3 Å². The van der Waals surface area contributed by atoms with E-state index in [4.69, 9.17) is 5.11 Å². The molecule has 6 heteroatoms. The van der Waals surface area contributed by atoms with Gasteiger partial charge in [0.25, 0.3) is 0 Å². The van der Waals surface area contributed by atoms with Gasteiger partial charge in [0.1, 0.15) is 0 Å². The summed E-state index contributed by atoms with van der Waals surface area (Å²) in [5.41, 5.74) is 0.481. The number of amides is 2. The third kappa shape index (κ3) is 3.93. The molecule has 2 N–H and O–H groups in total. The van der Waals surface area contributed by atoms with Gasteiger partial charge in [0.05, 0.1) is 17.4 Å². The number of anilines is 1. The molecule has 0 aliphatic carbocycles. The van der Waals surface area contributed by atoms with Crippen LogP contribution in [0, 0.1) is 0 Å². The zero-order chi connectivity index (χ0) is 15.2. The number of carbonyl (C=O) groups excluding carboxylic acids is 1. The molecule has 1 aromatic rings. The third-order valence-electron chi connectivity index (χ3n) is 3.85. The first-order valence-electron chi connectivity index (χ1n) is 7.37. The van der Waals surface area contributed by atoms with Gasteiger partial charge >= 0.3 is 12.0 Å². The first-order chi connectivity index (χ1) is 10.1. The number of carboxylic acid groups (broad SMARTS) is 1. The fraction of sp³-hybridized carbons (Fsp3) is 0.533. The largest absolute Gasteiger partial charge is 0.478 e. The maximum Gasteiger partial charge on any atom is 0.337 e. The van der Waals surface area contributed by atoms with Crippen molar-refractivity contribution in [1.82, 2.24) is 9.88 Å². The highest BCUT2D eigenvalue weighted by molar-refractivity contribution is 5.92. The Labute approximate surface area is 124 Å². The highest BCUT2D eigenvalue weighted by Gasteiger charge is 2.24. The lowest BCUT2D eigenvalue weighted by Crippen LogP contribution is -2.42.